The number of hydrogen-bond donors (Lipinski definition) is 2. The predicted molar refractivity (Wildman–Crippen MR) is 121 cm³/mol. The van der Waals surface area contributed by atoms with Crippen molar-refractivity contribution in [3.63, 3.8) is 0 Å². The first-order valence-electron chi connectivity index (χ1n) is 9.58. The third-order valence-corrected chi connectivity index (χ3v) is 4.28. The molecule has 0 spiro atoms. The third-order valence-electron chi connectivity index (χ3n) is 4.28. The fourth-order valence-corrected chi connectivity index (χ4v) is 2.64. The molecule has 7 heteroatoms. The van der Waals surface area contributed by atoms with Crippen LogP contribution < -0.4 is 20.1 Å². The van der Waals surface area contributed by atoms with E-state index in [0.717, 1.165) is 62.5 Å². The van der Waals surface area contributed by atoms with Crippen molar-refractivity contribution in [2.75, 3.05) is 47.1 Å². The second-order valence-electron chi connectivity index (χ2n) is 6.47. The van der Waals surface area contributed by atoms with Gasteiger partial charge in [-0.25, -0.2) is 0 Å². The summed E-state index contributed by atoms with van der Waals surface area (Å²) in [4.78, 5) is 4.24. The van der Waals surface area contributed by atoms with Crippen LogP contribution in [0.2, 0.25) is 0 Å². The minimum Gasteiger partial charge on any atom is -0.493 e. The molecule has 1 aliphatic carbocycles. The molecule has 0 saturated heterocycles. The average Bonchev–Trinajstić information content (AvgIpc) is 3.48. The van der Waals surface area contributed by atoms with Gasteiger partial charge in [0.15, 0.2) is 17.5 Å². The summed E-state index contributed by atoms with van der Waals surface area (Å²) in [6.07, 6.45) is 4.64. The number of aliphatic imine (C=N–C) groups is 1. The number of rotatable bonds is 12. The molecule has 2 N–H and O–H groups in total. The Balaban J connectivity index is 0.00000364. The molecule has 154 valence electrons. The van der Waals surface area contributed by atoms with Gasteiger partial charge in [0, 0.05) is 26.7 Å². The molecule has 1 aliphatic rings. The van der Waals surface area contributed by atoms with E-state index in [9.17, 15) is 0 Å². The normalized spacial score (nSPS) is 13.7. The van der Waals surface area contributed by atoms with E-state index < -0.39 is 0 Å². The second-order valence-corrected chi connectivity index (χ2v) is 6.47. The van der Waals surface area contributed by atoms with E-state index in [1.807, 2.05) is 13.0 Å². The highest BCUT2D eigenvalue weighted by Crippen LogP contribution is 2.29. The summed E-state index contributed by atoms with van der Waals surface area (Å²) in [5.74, 6) is 3.23. The van der Waals surface area contributed by atoms with E-state index >= 15 is 0 Å². The number of methoxy groups -OCH3 is 1. The van der Waals surface area contributed by atoms with Crippen LogP contribution in [0, 0.1) is 5.92 Å². The van der Waals surface area contributed by atoms with Crippen molar-refractivity contribution in [2.45, 2.75) is 32.6 Å². The molecule has 2 rings (SSSR count). The van der Waals surface area contributed by atoms with Crippen LogP contribution in [0.4, 0.5) is 0 Å². The van der Waals surface area contributed by atoms with E-state index in [1.54, 1.807) is 14.2 Å². The number of guanidine groups is 1. The lowest BCUT2D eigenvalue weighted by atomic mass is 10.1. The van der Waals surface area contributed by atoms with Gasteiger partial charge in [0.05, 0.1) is 20.3 Å². The SMILES string of the molecule is CCOc1cc(CCCNC(=NC)NCCOCC2CC2)ccc1OC.I. The Morgan fingerprint density at radius 1 is 1.19 bits per heavy atom. The van der Waals surface area contributed by atoms with Gasteiger partial charge in [-0.3, -0.25) is 4.99 Å². The molecule has 1 saturated carbocycles. The largest absolute Gasteiger partial charge is 0.493 e. The Morgan fingerprint density at radius 3 is 2.63 bits per heavy atom. The average molecular weight is 491 g/mol. The Kier molecular flexibility index (Phi) is 12.2. The molecule has 0 amide bonds. The molecule has 1 aromatic rings. The Hall–Kier alpha value is -1.22. The van der Waals surface area contributed by atoms with Gasteiger partial charge >= 0.3 is 0 Å². The first kappa shape index (κ1) is 23.8. The van der Waals surface area contributed by atoms with Crippen LogP contribution >= 0.6 is 24.0 Å². The Bertz CT molecular complexity index is 565. The molecule has 0 atom stereocenters. The minimum atomic E-state index is 0. The standard InChI is InChI=1S/C20H33N3O3.HI/c1-4-26-19-14-16(9-10-18(19)24-3)6-5-11-22-20(21-2)23-12-13-25-15-17-7-8-17;/h9-10,14,17H,4-8,11-13,15H2,1-3H3,(H2,21,22,23);1H. The quantitative estimate of drug-likeness (QED) is 0.204. The molecule has 6 nitrogen and oxygen atoms in total. The lowest BCUT2D eigenvalue weighted by molar-refractivity contribution is 0.129. The summed E-state index contributed by atoms with van der Waals surface area (Å²) < 4.78 is 16.6. The number of hydrogen-bond acceptors (Lipinski definition) is 4. The monoisotopic (exact) mass is 491 g/mol. The molecule has 27 heavy (non-hydrogen) atoms. The van der Waals surface area contributed by atoms with Gasteiger partial charge in [0.25, 0.3) is 0 Å². The van der Waals surface area contributed by atoms with E-state index in [1.165, 1.54) is 18.4 Å². The van der Waals surface area contributed by atoms with Gasteiger partial charge < -0.3 is 24.8 Å². The van der Waals surface area contributed by atoms with Crippen LogP contribution in [-0.4, -0.2) is 53.0 Å². The van der Waals surface area contributed by atoms with Gasteiger partial charge in [-0.2, -0.15) is 0 Å². The van der Waals surface area contributed by atoms with E-state index in [4.69, 9.17) is 14.2 Å². The van der Waals surface area contributed by atoms with Crippen molar-refractivity contribution in [3.05, 3.63) is 23.8 Å². The van der Waals surface area contributed by atoms with Gasteiger partial charge in [0.2, 0.25) is 0 Å². The predicted octanol–water partition coefficient (Wildman–Crippen LogP) is 3.24. The number of halogens is 1. The third kappa shape index (κ3) is 9.51. The maximum Gasteiger partial charge on any atom is 0.191 e. The van der Waals surface area contributed by atoms with Crippen molar-refractivity contribution >= 4 is 29.9 Å². The van der Waals surface area contributed by atoms with Crippen LogP contribution in [0.5, 0.6) is 11.5 Å². The number of nitrogens with zero attached hydrogens (tertiary/aromatic N) is 1. The first-order chi connectivity index (χ1) is 12.8. The molecule has 1 fully saturated rings. The molecule has 0 aromatic heterocycles. The summed E-state index contributed by atoms with van der Waals surface area (Å²) >= 11 is 0. The smallest absolute Gasteiger partial charge is 0.191 e. The van der Waals surface area contributed by atoms with Gasteiger partial charge in [-0.15, -0.1) is 24.0 Å². The van der Waals surface area contributed by atoms with Gasteiger partial charge in [-0.05, 0) is 56.2 Å². The number of benzene rings is 1. The van der Waals surface area contributed by atoms with Crippen molar-refractivity contribution < 1.29 is 14.2 Å². The van der Waals surface area contributed by atoms with E-state index in [2.05, 4.69) is 27.8 Å². The van der Waals surface area contributed by atoms with Crippen molar-refractivity contribution in [2.24, 2.45) is 10.9 Å². The minimum absolute atomic E-state index is 0. The maximum absolute atomic E-state index is 5.63. The van der Waals surface area contributed by atoms with Gasteiger partial charge in [0.1, 0.15) is 0 Å². The topological polar surface area (TPSA) is 64.1 Å². The summed E-state index contributed by atoms with van der Waals surface area (Å²) in [6, 6.07) is 6.12. The van der Waals surface area contributed by atoms with Crippen LogP contribution in [-0.2, 0) is 11.2 Å². The van der Waals surface area contributed by atoms with Crippen LogP contribution in [0.15, 0.2) is 23.2 Å². The summed E-state index contributed by atoms with van der Waals surface area (Å²) in [6.45, 7) is 5.88. The number of nitrogens with one attached hydrogen (secondary N) is 2. The summed E-state index contributed by atoms with van der Waals surface area (Å²) in [7, 11) is 3.45. The highest BCUT2D eigenvalue weighted by atomic mass is 127. The highest BCUT2D eigenvalue weighted by molar-refractivity contribution is 14.0. The van der Waals surface area contributed by atoms with E-state index in [0.29, 0.717) is 6.61 Å². The van der Waals surface area contributed by atoms with Crippen LogP contribution in [0.25, 0.3) is 0 Å². The summed E-state index contributed by atoms with van der Waals surface area (Å²) in [5.41, 5.74) is 1.24. The first-order valence-corrected chi connectivity index (χ1v) is 9.58. The zero-order chi connectivity index (χ0) is 18.6. The van der Waals surface area contributed by atoms with Crippen molar-refractivity contribution in [1.82, 2.24) is 10.6 Å². The zero-order valence-electron chi connectivity index (χ0n) is 16.8. The molecule has 0 aliphatic heterocycles. The molecule has 1 aromatic carbocycles. The molecule has 0 unspecified atom stereocenters. The number of ether oxygens (including phenoxy) is 3. The van der Waals surface area contributed by atoms with Crippen LogP contribution in [0.3, 0.4) is 0 Å². The molecular weight excluding hydrogens is 457 g/mol. The van der Waals surface area contributed by atoms with Crippen molar-refractivity contribution in [1.29, 1.82) is 0 Å². The molecule has 0 heterocycles. The molecular formula is C20H34IN3O3. The molecule has 0 radical (unpaired) electrons. The fraction of sp³-hybridized carbons (Fsp3) is 0.650. The van der Waals surface area contributed by atoms with E-state index in [-0.39, 0.29) is 24.0 Å². The maximum atomic E-state index is 5.63. The second kappa shape index (κ2) is 13.9. The number of aryl methyl sites for hydroxylation is 1. The fourth-order valence-electron chi connectivity index (χ4n) is 2.64. The Morgan fingerprint density at radius 2 is 1.96 bits per heavy atom. The summed E-state index contributed by atoms with van der Waals surface area (Å²) in [5, 5.41) is 6.62. The lowest BCUT2D eigenvalue weighted by Crippen LogP contribution is -2.39. The van der Waals surface area contributed by atoms with Crippen LogP contribution in [0.1, 0.15) is 31.7 Å². The lowest BCUT2D eigenvalue weighted by Gasteiger charge is -2.13. The zero-order valence-corrected chi connectivity index (χ0v) is 19.1. The van der Waals surface area contributed by atoms with Crippen molar-refractivity contribution in [3.8, 4) is 11.5 Å². The van der Waals surface area contributed by atoms with Gasteiger partial charge in [-0.1, -0.05) is 6.07 Å². The highest BCUT2D eigenvalue weighted by Gasteiger charge is 2.20. The molecule has 0 bridgehead atoms. The Labute approximate surface area is 180 Å².